The Morgan fingerprint density at radius 3 is 2.72 bits per heavy atom. The molecule has 100 valence electrons. The van der Waals surface area contributed by atoms with Crippen molar-refractivity contribution in [1.82, 2.24) is 5.16 Å². The number of carbonyl (C=O) groups excluding carboxylic acids is 1. The Bertz CT molecular complexity index is 389. The van der Waals surface area contributed by atoms with Crippen LogP contribution in [0, 0.1) is 13.8 Å². The number of aromatic nitrogens is 1. The molecule has 1 N–H and O–H groups in total. The summed E-state index contributed by atoms with van der Waals surface area (Å²) in [6.45, 7) is 3.68. The molecular formula is C13H20N2O3. The zero-order chi connectivity index (χ0) is 13.0. The summed E-state index contributed by atoms with van der Waals surface area (Å²) in [4.78, 5) is 11.8. The molecule has 5 heteroatoms. The van der Waals surface area contributed by atoms with Gasteiger partial charge in [0.05, 0.1) is 6.10 Å². The van der Waals surface area contributed by atoms with Crippen molar-refractivity contribution in [2.45, 2.75) is 52.1 Å². The Kier molecular flexibility index (Phi) is 4.36. The van der Waals surface area contributed by atoms with Crippen molar-refractivity contribution in [3.8, 4) is 0 Å². The summed E-state index contributed by atoms with van der Waals surface area (Å²) in [5.74, 6) is 0.480. The van der Waals surface area contributed by atoms with Crippen molar-refractivity contribution < 1.29 is 14.1 Å². The van der Waals surface area contributed by atoms with Crippen LogP contribution in [0.2, 0.25) is 0 Å². The van der Waals surface area contributed by atoms with Crippen LogP contribution in [0.25, 0.3) is 0 Å². The molecule has 0 radical (unpaired) electrons. The fourth-order valence-electron chi connectivity index (χ4n) is 2.26. The van der Waals surface area contributed by atoms with Gasteiger partial charge in [0.25, 0.3) is 5.91 Å². The quantitative estimate of drug-likeness (QED) is 0.894. The SMILES string of the molecule is Cc1noc(C)c1NC(=O)COC1CCCCC1. The maximum absolute atomic E-state index is 11.8. The number of aryl methyl sites for hydroxylation is 2. The van der Waals surface area contributed by atoms with E-state index in [-0.39, 0.29) is 18.6 Å². The van der Waals surface area contributed by atoms with E-state index in [2.05, 4.69) is 10.5 Å². The number of rotatable bonds is 4. The molecule has 1 aromatic rings. The number of anilines is 1. The van der Waals surface area contributed by atoms with Crippen molar-refractivity contribution in [1.29, 1.82) is 0 Å². The second kappa shape index (κ2) is 6.00. The van der Waals surface area contributed by atoms with Crippen molar-refractivity contribution in [2.24, 2.45) is 0 Å². The highest BCUT2D eigenvalue weighted by molar-refractivity contribution is 5.92. The van der Waals surface area contributed by atoms with E-state index in [0.717, 1.165) is 12.8 Å². The van der Waals surface area contributed by atoms with Gasteiger partial charge in [-0.3, -0.25) is 4.79 Å². The first-order valence-electron chi connectivity index (χ1n) is 6.51. The van der Waals surface area contributed by atoms with Crippen LogP contribution in [0.1, 0.15) is 43.6 Å². The van der Waals surface area contributed by atoms with Crippen LogP contribution >= 0.6 is 0 Å². The van der Waals surface area contributed by atoms with Crippen molar-refractivity contribution >= 4 is 11.6 Å². The van der Waals surface area contributed by atoms with Crippen molar-refractivity contribution in [3.05, 3.63) is 11.5 Å². The average Bonchev–Trinajstić information content (AvgIpc) is 2.69. The fraction of sp³-hybridized carbons (Fsp3) is 0.692. The van der Waals surface area contributed by atoms with Crippen molar-refractivity contribution in [2.75, 3.05) is 11.9 Å². The highest BCUT2D eigenvalue weighted by Gasteiger charge is 2.17. The third-order valence-electron chi connectivity index (χ3n) is 3.30. The fourth-order valence-corrected chi connectivity index (χ4v) is 2.26. The van der Waals surface area contributed by atoms with E-state index in [0.29, 0.717) is 17.1 Å². The molecule has 0 bridgehead atoms. The first-order chi connectivity index (χ1) is 8.66. The number of carbonyl (C=O) groups is 1. The third kappa shape index (κ3) is 3.32. The van der Waals surface area contributed by atoms with Gasteiger partial charge in [0.1, 0.15) is 18.0 Å². The monoisotopic (exact) mass is 252 g/mol. The van der Waals surface area contributed by atoms with Gasteiger partial charge in [0.2, 0.25) is 0 Å². The number of hydrogen-bond acceptors (Lipinski definition) is 4. The molecule has 0 atom stereocenters. The molecule has 1 saturated carbocycles. The molecule has 1 aliphatic carbocycles. The van der Waals surface area contributed by atoms with Crippen LogP contribution in [0.15, 0.2) is 4.52 Å². The van der Waals surface area contributed by atoms with E-state index in [4.69, 9.17) is 9.26 Å². The van der Waals surface area contributed by atoms with Gasteiger partial charge in [-0.1, -0.05) is 24.4 Å². The molecule has 0 aliphatic heterocycles. The molecule has 1 heterocycles. The summed E-state index contributed by atoms with van der Waals surface area (Å²) in [6.07, 6.45) is 6.07. The smallest absolute Gasteiger partial charge is 0.250 e. The van der Waals surface area contributed by atoms with E-state index in [1.807, 2.05) is 0 Å². The van der Waals surface area contributed by atoms with Gasteiger partial charge < -0.3 is 14.6 Å². The number of ether oxygens (including phenoxy) is 1. The van der Waals surface area contributed by atoms with Crippen LogP contribution < -0.4 is 5.32 Å². The zero-order valence-electron chi connectivity index (χ0n) is 11.0. The average molecular weight is 252 g/mol. The maximum Gasteiger partial charge on any atom is 0.250 e. The standard InChI is InChI=1S/C13H20N2O3/c1-9-13(10(2)18-15-9)14-12(16)8-17-11-6-4-3-5-7-11/h11H,3-8H2,1-2H3,(H,14,16). The van der Waals surface area contributed by atoms with E-state index >= 15 is 0 Å². The Hall–Kier alpha value is -1.36. The number of nitrogens with one attached hydrogen (secondary N) is 1. The van der Waals surface area contributed by atoms with Gasteiger partial charge in [-0.15, -0.1) is 0 Å². The van der Waals surface area contributed by atoms with Gasteiger partial charge in [-0.25, -0.2) is 0 Å². The minimum atomic E-state index is -0.144. The first-order valence-corrected chi connectivity index (χ1v) is 6.51. The highest BCUT2D eigenvalue weighted by atomic mass is 16.5. The van der Waals surface area contributed by atoms with Crippen LogP contribution in [0.3, 0.4) is 0 Å². The van der Waals surface area contributed by atoms with Gasteiger partial charge in [0, 0.05) is 0 Å². The molecule has 1 aliphatic rings. The van der Waals surface area contributed by atoms with Crippen LogP contribution in [0.5, 0.6) is 0 Å². The van der Waals surface area contributed by atoms with Crippen LogP contribution in [0.4, 0.5) is 5.69 Å². The lowest BCUT2D eigenvalue weighted by Crippen LogP contribution is -2.25. The Morgan fingerprint density at radius 1 is 1.39 bits per heavy atom. The van der Waals surface area contributed by atoms with E-state index in [1.54, 1.807) is 13.8 Å². The molecule has 0 spiro atoms. The lowest BCUT2D eigenvalue weighted by atomic mass is 9.98. The number of amides is 1. The minimum absolute atomic E-state index is 0.106. The topological polar surface area (TPSA) is 64.4 Å². The Balaban J connectivity index is 1.78. The predicted molar refractivity (Wildman–Crippen MR) is 67.4 cm³/mol. The summed E-state index contributed by atoms with van der Waals surface area (Å²) >= 11 is 0. The molecule has 1 amide bonds. The third-order valence-corrected chi connectivity index (χ3v) is 3.30. The van der Waals surface area contributed by atoms with E-state index in [1.165, 1.54) is 19.3 Å². The van der Waals surface area contributed by atoms with Gasteiger partial charge in [0.15, 0.2) is 5.76 Å². The Labute approximate surface area is 107 Å². The first kappa shape index (κ1) is 13.1. The molecule has 0 saturated heterocycles. The Morgan fingerprint density at radius 2 is 2.11 bits per heavy atom. The summed E-state index contributed by atoms with van der Waals surface area (Å²) in [6, 6.07) is 0. The van der Waals surface area contributed by atoms with Gasteiger partial charge in [-0.2, -0.15) is 0 Å². The molecule has 5 nitrogen and oxygen atoms in total. The minimum Gasteiger partial charge on any atom is -0.368 e. The number of hydrogen-bond donors (Lipinski definition) is 1. The largest absolute Gasteiger partial charge is 0.368 e. The van der Waals surface area contributed by atoms with Crippen LogP contribution in [-0.2, 0) is 9.53 Å². The van der Waals surface area contributed by atoms with E-state index < -0.39 is 0 Å². The molecule has 0 aromatic carbocycles. The second-order valence-electron chi connectivity index (χ2n) is 4.82. The molecule has 1 aromatic heterocycles. The molecule has 1 fully saturated rings. The molecule has 0 unspecified atom stereocenters. The summed E-state index contributed by atoms with van der Waals surface area (Å²) in [5, 5.41) is 6.57. The maximum atomic E-state index is 11.8. The number of nitrogens with zero attached hydrogens (tertiary/aromatic N) is 1. The second-order valence-corrected chi connectivity index (χ2v) is 4.82. The van der Waals surface area contributed by atoms with Gasteiger partial charge in [-0.05, 0) is 26.7 Å². The molecule has 2 rings (SSSR count). The normalized spacial score (nSPS) is 16.8. The molecule has 18 heavy (non-hydrogen) atoms. The van der Waals surface area contributed by atoms with Gasteiger partial charge >= 0.3 is 0 Å². The highest BCUT2D eigenvalue weighted by Crippen LogP contribution is 2.21. The summed E-state index contributed by atoms with van der Waals surface area (Å²) < 4.78 is 10.6. The lowest BCUT2D eigenvalue weighted by molar-refractivity contribution is -0.123. The zero-order valence-corrected chi connectivity index (χ0v) is 11.0. The summed E-state index contributed by atoms with van der Waals surface area (Å²) in [5.41, 5.74) is 1.35. The summed E-state index contributed by atoms with van der Waals surface area (Å²) in [7, 11) is 0. The van der Waals surface area contributed by atoms with Crippen molar-refractivity contribution in [3.63, 3.8) is 0 Å². The van der Waals surface area contributed by atoms with Crippen LogP contribution in [-0.4, -0.2) is 23.8 Å². The predicted octanol–water partition coefficient (Wildman–Crippen LogP) is 2.58. The lowest BCUT2D eigenvalue weighted by Gasteiger charge is -2.21. The molecular weight excluding hydrogens is 232 g/mol. The van der Waals surface area contributed by atoms with E-state index in [9.17, 15) is 4.79 Å².